The van der Waals surface area contributed by atoms with E-state index in [0.29, 0.717) is 17.2 Å². The van der Waals surface area contributed by atoms with E-state index in [1.807, 2.05) is 36.1 Å². The number of amides is 1. The number of sulfonamides is 1. The van der Waals surface area contributed by atoms with E-state index < -0.39 is 10.0 Å². The molecule has 3 rings (SSSR count). The summed E-state index contributed by atoms with van der Waals surface area (Å²) in [4.78, 5) is 14.6. The van der Waals surface area contributed by atoms with Crippen molar-refractivity contribution in [3.05, 3.63) is 65.2 Å². The Bertz CT molecular complexity index is 921. The van der Waals surface area contributed by atoms with E-state index in [1.54, 1.807) is 24.3 Å². The van der Waals surface area contributed by atoms with Gasteiger partial charge in [-0.1, -0.05) is 36.8 Å². The average molecular weight is 401 g/mol. The highest BCUT2D eigenvalue weighted by atomic mass is 32.2. The summed E-state index contributed by atoms with van der Waals surface area (Å²) in [5, 5.41) is 0. The van der Waals surface area contributed by atoms with Crippen LogP contribution in [0.3, 0.4) is 0 Å². The van der Waals surface area contributed by atoms with Gasteiger partial charge < -0.3 is 4.90 Å². The second-order valence-corrected chi connectivity index (χ2v) is 9.71. The molecule has 2 aromatic carbocycles. The van der Waals surface area contributed by atoms with Gasteiger partial charge in [-0.2, -0.15) is 0 Å². The molecule has 1 fully saturated rings. The van der Waals surface area contributed by atoms with Gasteiger partial charge in [0.2, 0.25) is 10.0 Å². The Kier molecular flexibility index (Phi) is 6.08. The smallest absolute Gasteiger partial charge is 0.253 e. The maximum absolute atomic E-state index is 12.7. The van der Waals surface area contributed by atoms with Crippen molar-refractivity contribution in [2.24, 2.45) is 5.92 Å². The lowest BCUT2D eigenvalue weighted by molar-refractivity contribution is 0.0683. The van der Waals surface area contributed by atoms with Gasteiger partial charge >= 0.3 is 0 Å². The summed E-state index contributed by atoms with van der Waals surface area (Å²) >= 11 is 0. The summed E-state index contributed by atoms with van der Waals surface area (Å²) in [5.41, 5.74) is 3.20. The molecule has 1 heterocycles. The second-order valence-electron chi connectivity index (χ2n) is 7.80. The molecule has 2 aromatic rings. The number of carbonyl (C=O) groups excluding carboxylic acids is 1. The number of anilines is 1. The van der Waals surface area contributed by atoms with Gasteiger partial charge in [0.1, 0.15) is 0 Å². The Hall–Kier alpha value is -2.34. The minimum Gasteiger partial charge on any atom is -0.338 e. The Morgan fingerprint density at radius 2 is 1.75 bits per heavy atom. The monoisotopic (exact) mass is 400 g/mol. The van der Waals surface area contributed by atoms with Crippen LogP contribution in [0.15, 0.2) is 48.5 Å². The number of hydrogen-bond acceptors (Lipinski definition) is 3. The van der Waals surface area contributed by atoms with Crippen molar-refractivity contribution in [3.8, 4) is 0 Å². The number of aryl methyl sites for hydroxylation is 1. The molecule has 28 heavy (non-hydrogen) atoms. The van der Waals surface area contributed by atoms with E-state index in [9.17, 15) is 13.2 Å². The summed E-state index contributed by atoms with van der Waals surface area (Å²) < 4.78 is 26.1. The maximum Gasteiger partial charge on any atom is 0.253 e. The third-order valence-electron chi connectivity index (χ3n) is 5.19. The molecule has 1 aliphatic rings. The number of nitrogens with zero attached hydrogens (tertiary/aromatic N) is 2. The predicted octanol–water partition coefficient (Wildman–Crippen LogP) is 3.83. The van der Waals surface area contributed by atoms with E-state index in [0.717, 1.165) is 37.1 Å². The number of rotatable bonds is 5. The van der Waals surface area contributed by atoms with Crippen LogP contribution in [0.2, 0.25) is 0 Å². The zero-order chi connectivity index (χ0) is 20.3. The first-order chi connectivity index (χ1) is 13.2. The van der Waals surface area contributed by atoms with Crippen LogP contribution in [0.5, 0.6) is 0 Å². The minimum absolute atomic E-state index is 0.0162. The van der Waals surface area contributed by atoms with Crippen LogP contribution in [0.1, 0.15) is 41.3 Å². The third-order valence-corrected chi connectivity index (χ3v) is 6.33. The summed E-state index contributed by atoms with van der Waals surface area (Å²) in [6.07, 6.45) is 3.39. The molecule has 0 spiro atoms. The lowest BCUT2D eigenvalue weighted by Crippen LogP contribution is -2.39. The average Bonchev–Trinajstić information content (AvgIpc) is 2.66. The standard InChI is InChI=1S/C22H28N2O3S/c1-17-6-8-19(9-7-17)16-24(28(3,26)27)21-12-10-20(11-13-21)22(25)23-14-4-5-18(2)15-23/h6-13,18H,4-5,14-16H2,1-3H3. The molecule has 5 nitrogen and oxygen atoms in total. The molecule has 1 unspecified atom stereocenters. The first-order valence-corrected chi connectivity index (χ1v) is 11.5. The van der Waals surface area contributed by atoms with Crippen LogP contribution < -0.4 is 4.31 Å². The first-order valence-electron chi connectivity index (χ1n) is 9.66. The normalized spacial score (nSPS) is 17.4. The fraction of sp³-hybridized carbons (Fsp3) is 0.409. The summed E-state index contributed by atoms with van der Waals surface area (Å²) in [5.74, 6) is 0.537. The number of hydrogen-bond donors (Lipinski definition) is 0. The zero-order valence-corrected chi connectivity index (χ0v) is 17.6. The summed E-state index contributed by atoms with van der Waals surface area (Å²) in [6, 6.07) is 14.7. The second kappa shape index (κ2) is 8.35. The van der Waals surface area contributed by atoms with Crippen LogP contribution >= 0.6 is 0 Å². The van der Waals surface area contributed by atoms with Gasteiger partial charge in [0.25, 0.3) is 5.91 Å². The summed E-state index contributed by atoms with van der Waals surface area (Å²) in [7, 11) is -3.45. The molecular weight excluding hydrogens is 372 g/mol. The number of likely N-dealkylation sites (tertiary alicyclic amines) is 1. The van der Waals surface area contributed by atoms with Crippen LogP contribution in [0.25, 0.3) is 0 Å². The number of benzene rings is 2. The van der Waals surface area contributed by atoms with Crippen molar-refractivity contribution >= 4 is 21.6 Å². The topological polar surface area (TPSA) is 57.7 Å². The summed E-state index contributed by atoms with van der Waals surface area (Å²) in [6.45, 7) is 5.99. The molecule has 0 aromatic heterocycles. The van der Waals surface area contributed by atoms with Gasteiger partial charge in [-0.25, -0.2) is 8.42 Å². The molecule has 6 heteroatoms. The van der Waals surface area contributed by atoms with Crippen LogP contribution in [0, 0.1) is 12.8 Å². The Morgan fingerprint density at radius 1 is 1.11 bits per heavy atom. The molecule has 1 saturated heterocycles. The molecule has 1 amide bonds. The van der Waals surface area contributed by atoms with Gasteiger partial charge in [-0.3, -0.25) is 9.10 Å². The quantitative estimate of drug-likeness (QED) is 0.766. The van der Waals surface area contributed by atoms with Crippen molar-refractivity contribution in [2.45, 2.75) is 33.2 Å². The highest BCUT2D eigenvalue weighted by Gasteiger charge is 2.23. The van der Waals surface area contributed by atoms with Crippen molar-refractivity contribution in [1.82, 2.24) is 4.90 Å². The van der Waals surface area contributed by atoms with E-state index in [1.165, 1.54) is 10.6 Å². The van der Waals surface area contributed by atoms with Crippen molar-refractivity contribution in [3.63, 3.8) is 0 Å². The molecule has 150 valence electrons. The molecule has 0 radical (unpaired) electrons. The van der Waals surface area contributed by atoms with Crippen LogP contribution in [-0.4, -0.2) is 38.6 Å². The maximum atomic E-state index is 12.7. The molecular formula is C22H28N2O3S. The van der Waals surface area contributed by atoms with Crippen molar-refractivity contribution < 1.29 is 13.2 Å². The highest BCUT2D eigenvalue weighted by Crippen LogP contribution is 2.23. The molecule has 1 aliphatic heterocycles. The fourth-order valence-electron chi connectivity index (χ4n) is 3.59. The zero-order valence-electron chi connectivity index (χ0n) is 16.8. The van der Waals surface area contributed by atoms with E-state index in [4.69, 9.17) is 0 Å². The lowest BCUT2D eigenvalue weighted by Gasteiger charge is -2.31. The SMILES string of the molecule is Cc1ccc(CN(c2ccc(C(=O)N3CCCC(C)C3)cc2)S(C)(=O)=O)cc1. The van der Waals surface area contributed by atoms with Gasteiger partial charge in [0.15, 0.2) is 0 Å². The van der Waals surface area contributed by atoms with E-state index in [2.05, 4.69) is 6.92 Å². The number of carbonyl (C=O) groups is 1. The van der Waals surface area contributed by atoms with Gasteiger partial charge in [-0.05, 0) is 55.5 Å². The van der Waals surface area contributed by atoms with Crippen molar-refractivity contribution in [1.29, 1.82) is 0 Å². The first kappa shape index (κ1) is 20.4. The van der Waals surface area contributed by atoms with Gasteiger partial charge in [0, 0.05) is 18.7 Å². The van der Waals surface area contributed by atoms with Crippen LogP contribution in [-0.2, 0) is 16.6 Å². The largest absolute Gasteiger partial charge is 0.338 e. The molecule has 0 N–H and O–H groups in total. The predicted molar refractivity (Wildman–Crippen MR) is 113 cm³/mol. The molecule has 0 aliphatic carbocycles. The highest BCUT2D eigenvalue weighted by molar-refractivity contribution is 7.92. The molecule has 0 bridgehead atoms. The third kappa shape index (κ3) is 4.93. The molecule has 0 saturated carbocycles. The fourth-order valence-corrected chi connectivity index (χ4v) is 4.47. The lowest BCUT2D eigenvalue weighted by atomic mass is 9.99. The van der Waals surface area contributed by atoms with E-state index in [-0.39, 0.29) is 12.5 Å². The van der Waals surface area contributed by atoms with Crippen LogP contribution in [0.4, 0.5) is 5.69 Å². The molecule has 1 atom stereocenters. The Morgan fingerprint density at radius 3 is 2.32 bits per heavy atom. The van der Waals surface area contributed by atoms with Gasteiger partial charge in [-0.15, -0.1) is 0 Å². The Labute approximate surface area is 168 Å². The minimum atomic E-state index is -3.45. The number of piperidine rings is 1. The Balaban J connectivity index is 1.80. The van der Waals surface area contributed by atoms with E-state index >= 15 is 0 Å². The van der Waals surface area contributed by atoms with Gasteiger partial charge in [0.05, 0.1) is 18.5 Å². The van der Waals surface area contributed by atoms with Crippen molar-refractivity contribution in [2.75, 3.05) is 23.7 Å².